The van der Waals surface area contributed by atoms with E-state index in [1.54, 1.807) is 41.1 Å². The van der Waals surface area contributed by atoms with Crippen molar-refractivity contribution in [2.75, 3.05) is 47.7 Å². The van der Waals surface area contributed by atoms with Gasteiger partial charge in [0.25, 0.3) is 11.7 Å². The van der Waals surface area contributed by atoms with Crippen molar-refractivity contribution in [1.29, 1.82) is 0 Å². The SMILES string of the molecule is CCOCCO[C@@H]1CC[C@@H](C[C@H]2C3CCCN4C(=O)C(=O)[C@]5(O)O[C@@H](CC[C@H]5C)C[C@H](OC)/C(C)=C/C=C/C=C/[C@@H](C)C[C@@H](C)C(=O)[C@H](OC)[C@H](O)/C(C)=C/[C@@H](C)C(=O)C[C@@H]2OC(=O)[C@H]34)C[C@H]1OC. The Hall–Kier alpha value is -3.41. The van der Waals surface area contributed by atoms with Gasteiger partial charge in [-0.05, 0) is 107 Å². The number of amides is 1. The summed E-state index contributed by atoms with van der Waals surface area (Å²) in [6, 6.07) is -1.12. The first-order chi connectivity index (χ1) is 32.9. The standard InChI is InChI=1S/C54H83NO14/c1-11-66-24-25-67-43-22-20-38(29-46(43)64-9)28-41-40-18-15-23-55-47(40)53(61)68-45(41)31-42(56)34(4)27-36(6)49(58)50(65-10)48(57)35(5)26-32(2)16-13-12-14-17-33(3)44(63-8)30-39-21-19-37(7)54(62,69-39)51(59)52(55)60/h12-14,16-17,27,32,34-35,37-41,43-47,49-50,58,62H,11,15,18-26,28-31H2,1-10H3/b14-12+,16-13+,33-17+,36-27+/t32-,34-,35-,37-,38+,39+,40?,41+,43-,44+,45+,46-,47+,49-,50+,54-/m1/s1. The summed E-state index contributed by atoms with van der Waals surface area (Å²) >= 11 is 0. The van der Waals surface area contributed by atoms with Crippen LogP contribution in [0.3, 0.4) is 0 Å². The predicted octanol–water partition coefficient (Wildman–Crippen LogP) is 6.46. The van der Waals surface area contributed by atoms with E-state index in [0.29, 0.717) is 76.8 Å². The van der Waals surface area contributed by atoms with Crippen LogP contribution in [0.5, 0.6) is 0 Å². The quantitative estimate of drug-likeness (QED) is 0.105. The number of aliphatic hydroxyl groups excluding tert-OH is 1. The maximum absolute atomic E-state index is 14.6. The van der Waals surface area contributed by atoms with Crippen LogP contribution in [-0.2, 0) is 57.1 Å². The number of ether oxygens (including phenoxy) is 7. The number of hydrogen-bond donors (Lipinski definition) is 2. The Morgan fingerprint density at radius 1 is 0.841 bits per heavy atom. The highest BCUT2D eigenvalue weighted by Gasteiger charge is 2.57. The van der Waals surface area contributed by atoms with Crippen LogP contribution >= 0.6 is 0 Å². The van der Waals surface area contributed by atoms with Crippen molar-refractivity contribution in [3.8, 4) is 0 Å². The van der Waals surface area contributed by atoms with Crippen molar-refractivity contribution >= 4 is 29.2 Å². The summed E-state index contributed by atoms with van der Waals surface area (Å²) in [5.74, 6) is -8.28. The lowest BCUT2D eigenvalue weighted by Crippen LogP contribution is -2.65. The van der Waals surface area contributed by atoms with E-state index >= 15 is 0 Å². The Balaban J connectivity index is 1.49. The van der Waals surface area contributed by atoms with Gasteiger partial charge in [-0.1, -0.05) is 64.2 Å². The number of rotatable bonds is 10. The molecule has 0 aromatic rings. The molecule has 0 spiro atoms. The van der Waals surface area contributed by atoms with Gasteiger partial charge < -0.3 is 48.3 Å². The van der Waals surface area contributed by atoms with Crippen LogP contribution in [0.25, 0.3) is 0 Å². The second-order valence-electron chi connectivity index (χ2n) is 20.6. The molecule has 3 saturated heterocycles. The molecule has 16 atom stereocenters. The maximum atomic E-state index is 14.6. The first kappa shape index (κ1) is 56.5. The lowest BCUT2D eigenvalue weighted by atomic mass is 9.68. The van der Waals surface area contributed by atoms with E-state index in [1.165, 1.54) is 12.0 Å². The molecule has 4 fully saturated rings. The van der Waals surface area contributed by atoms with Crippen LogP contribution in [-0.4, -0.2) is 147 Å². The van der Waals surface area contributed by atoms with Crippen LogP contribution < -0.4 is 0 Å². The molecule has 1 saturated carbocycles. The molecular formula is C54H83NO14. The van der Waals surface area contributed by atoms with Gasteiger partial charge in [0.15, 0.2) is 5.78 Å². The zero-order valence-corrected chi connectivity index (χ0v) is 43.0. The number of nitrogens with zero attached hydrogens (tertiary/aromatic N) is 1. The van der Waals surface area contributed by atoms with E-state index in [0.717, 1.165) is 18.4 Å². The molecule has 1 aliphatic carbocycles. The summed E-state index contributed by atoms with van der Waals surface area (Å²) in [6.45, 7) is 14.4. The van der Waals surface area contributed by atoms with Crippen molar-refractivity contribution in [1.82, 2.24) is 4.90 Å². The third kappa shape index (κ3) is 14.2. The fourth-order valence-electron chi connectivity index (χ4n) is 11.5. The van der Waals surface area contributed by atoms with Gasteiger partial charge in [0, 0.05) is 71.0 Å². The van der Waals surface area contributed by atoms with Crippen molar-refractivity contribution in [3.63, 3.8) is 0 Å². The summed E-state index contributed by atoms with van der Waals surface area (Å²) in [5.41, 5.74) is 1.29. The molecule has 0 radical (unpaired) electrons. The molecule has 15 nitrogen and oxygen atoms in total. The molecule has 15 heteroatoms. The number of aliphatic hydroxyl groups is 2. The number of esters is 1. The Morgan fingerprint density at radius 2 is 1.59 bits per heavy atom. The van der Waals surface area contributed by atoms with Crippen LogP contribution in [0.4, 0.5) is 0 Å². The van der Waals surface area contributed by atoms with Gasteiger partial charge >= 0.3 is 5.97 Å². The van der Waals surface area contributed by atoms with E-state index in [-0.39, 0.29) is 54.5 Å². The minimum Gasteiger partial charge on any atom is -0.460 e. The number of methoxy groups -OCH3 is 3. The lowest BCUT2D eigenvalue weighted by Gasteiger charge is -2.50. The summed E-state index contributed by atoms with van der Waals surface area (Å²) in [5, 5.41) is 23.6. The fourth-order valence-corrected chi connectivity index (χ4v) is 11.5. The molecule has 1 unspecified atom stereocenters. The van der Waals surface area contributed by atoms with Gasteiger partial charge in [0.2, 0.25) is 5.79 Å². The molecule has 4 heterocycles. The molecule has 4 aliphatic heterocycles. The Labute approximate surface area is 410 Å². The molecule has 1 amide bonds. The summed E-state index contributed by atoms with van der Waals surface area (Å²) in [4.78, 5) is 72.7. The average Bonchev–Trinajstić information content (AvgIpc) is 3.33. The van der Waals surface area contributed by atoms with E-state index in [1.807, 2.05) is 58.1 Å². The number of ketones is 3. The topological polar surface area (TPSA) is 194 Å². The first-order valence-electron chi connectivity index (χ1n) is 25.6. The van der Waals surface area contributed by atoms with Gasteiger partial charge in [0.05, 0.1) is 37.6 Å². The third-order valence-corrected chi connectivity index (χ3v) is 15.7. The van der Waals surface area contributed by atoms with Gasteiger partial charge in [-0.25, -0.2) is 4.79 Å². The monoisotopic (exact) mass is 970 g/mol. The van der Waals surface area contributed by atoms with Crippen molar-refractivity contribution in [3.05, 3.63) is 47.6 Å². The van der Waals surface area contributed by atoms with Crippen LogP contribution in [0.1, 0.15) is 119 Å². The molecular weight excluding hydrogens is 887 g/mol. The van der Waals surface area contributed by atoms with Crippen LogP contribution in [0.2, 0.25) is 0 Å². The van der Waals surface area contributed by atoms with Crippen molar-refractivity contribution in [2.24, 2.45) is 41.4 Å². The third-order valence-electron chi connectivity index (χ3n) is 15.7. The van der Waals surface area contributed by atoms with Gasteiger partial charge in [-0.15, -0.1) is 0 Å². The molecule has 388 valence electrons. The van der Waals surface area contributed by atoms with E-state index < -0.39 is 83.7 Å². The molecule has 2 N–H and O–H groups in total. The number of carbonyl (C=O) groups excluding carboxylic acids is 5. The van der Waals surface area contributed by atoms with Crippen LogP contribution in [0, 0.1) is 41.4 Å². The summed E-state index contributed by atoms with van der Waals surface area (Å²) < 4.78 is 41.6. The number of piperidine rings is 1. The largest absolute Gasteiger partial charge is 0.460 e. The molecule has 4 bridgehead atoms. The second-order valence-corrected chi connectivity index (χ2v) is 20.6. The minimum atomic E-state index is -2.43. The van der Waals surface area contributed by atoms with E-state index in [4.69, 9.17) is 33.2 Å². The van der Waals surface area contributed by atoms with E-state index in [2.05, 4.69) is 0 Å². The van der Waals surface area contributed by atoms with E-state index in [9.17, 15) is 34.2 Å². The summed E-state index contributed by atoms with van der Waals surface area (Å²) in [6.07, 6.45) is 12.1. The number of Topliss-reactive ketones (excluding diaryl/α,β-unsaturated/α-hetero) is 3. The zero-order valence-electron chi connectivity index (χ0n) is 43.0. The summed E-state index contributed by atoms with van der Waals surface area (Å²) in [7, 11) is 4.65. The smallest absolute Gasteiger partial charge is 0.329 e. The number of allylic oxidation sites excluding steroid dienone is 6. The van der Waals surface area contributed by atoms with Gasteiger partial charge in [0.1, 0.15) is 30.1 Å². The predicted molar refractivity (Wildman–Crippen MR) is 259 cm³/mol. The van der Waals surface area contributed by atoms with Gasteiger partial charge in [-0.3, -0.25) is 19.2 Å². The molecule has 5 aliphatic rings. The Kier molecular flexibility index (Phi) is 21.6. The fraction of sp³-hybridized carbons (Fsp3) is 0.759. The number of hydrogen-bond acceptors (Lipinski definition) is 14. The Morgan fingerprint density at radius 3 is 2.29 bits per heavy atom. The minimum absolute atomic E-state index is 0.0233. The zero-order chi connectivity index (χ0) is 50.6. The molecule has 0 aromatic heterocycles. The number of fused-ring (bicyclic) bond motifs is 4. The van der Waals surface area contributed by atoms with Gasteiger partial charge in [-0.2, -0.15) is 0 Å². The molecule has 69 heavy (non-hydrogen) atoms. The molecule has 5 rings (SSSR count). The maximum Gasteiger partial charge on any atom is 0.329 e. The second kappa shape index (κ2) is 26.3. The van der Waals surface area contributed by atoms with Crippen molar-refractivity contribution < 1.29 is 67.3 Å². The average molecular weight is 970 g/mol. The molecule has 0 aromatic carbocycles. The van der Waals surface area contributed by atoms with Crippen LogP contribution in [0.15, 0.2) is 47.6 Å². The first-order valence-corrected chi connectivity index (χ1v) is 25.6. The Bertz CT molecular complexity index is 1880. The number of carbonyl (C=O) groups is 5. The lowest BCUT2D eigenvalue weighted by molar-refractivity contribution is -0.266. The van der Waals surface area contributed by atoms with Crippen molar-refractivity contribution in [2.45, 2.75) is 174 Å². The highest BCUT2D eigenvalue weighted by molar-refractivity contribution is 6.39. The highest BCUT2D eigenvalue weighted by Crippen LogP contribution is 2.45. The highest BCUT2D eigenvalue weighted by atomic mass is 16.6. The normalized spacial score (nSPS) is 40.9.